The van der Waals surface area contributed by atoms with Crippen molar-refractivity contribution < 1.29 is 9.52 Å². The smallest absolute Gasteiger partial charge is 0.336 e. The lowest BCUT2D eigenvalue weighted by molar-refractivity contribution is 0.472. The number of hydrogen-bond acceptors (Lipinski definition) is 6. The summed E-state index contributed by atoms with van der Waals surface area (Å²) in [6.07, 6.45) is 3.03. The molecule has 0 saturated heterocycles. The summed E-state index contributed by atoms with van der Waals surface area (Å²) < 4.78 is 5.21. The predicted octanol–water partition coefficient (Wildman–Crippen LogP) is 2.65. The molecule has 1 aromatic carbocycles. The number of nitrogens with zero attached hydrogens (tertiary/aromatic N) is 2. The van der Waals surface area contributed by atoms with Crippen LogP contribution in [-0.4, -0.2) is 16.3 Å². The second kappa shape index (κ2) is 5.69. The number of hydrogen-bond donors (Lipinski definition) is 2. The van der Waals surface area contributed by atoms with Gasteiger partial charge in [0.05, 0.1) is 11.8 Å². The van der Waals surface area contributed by atoms with Gasteiger partial charge in [0.2, 0.25) is 0 Å². The van der Waals surface area contributed by atoms with Crippen LogP contribution >= 0.6 is 0 Å². The van der Waals surface area contributed by atoms with Crippen molar-refractivity contribution in [1.82, 2.24) is 4.98 Å². The second-order valence-electron chi connectivity index (χ2n) is 4.71. The zero-order valence-electron chi connectivity index (χ0n) is 11.8. The number of anilines is 1. The molecule has 6 nitrogen and oxygen atoms in total. The summed E-state index contributed by atoms with van der Waals surface area (Å²) in [5.74, 6) is 0.545. The van der Waals surface area contributed by atoms with Crippen LogP contribution in [0, 0.1) is 6.92 Å². The third-order valence-electron chi connectivity index (χ3n) is 3.17. The van der Waals surface area contributed by atoms with Crippen LogP contribution in [0.25, 0.3) is 11.0 Å². The van der Waals surface area contributed by atoms with Crippen LogP contribution in [0.5, 0.6) is 5.75 Å². The Morgan fingerprint density at radius 2 is 2.18 bits per heavy atom. The summed E-state index contributed by atoms with van der Waals surface area (Å²) in [6.45, 7) is 1.81. The van der Waals surface area contributed by atoms with Gasteiger partial charge in [-0.2, -0.15) is 5.10 Å². The Labute approximate surface area is 125 Å². The number of rotatable bonds is 3. The van der Waals surface area contributed by atoms with E-state index in [4.69, 9.17) is 4.42 Å². The third-order valence-corrected chi connectivity index (χ3v) is 3.17. The molecule has 0 unspecified atom stereocenters. The normalized spacial score (nSPS) is 11.1. The first-order chi connectivity index (χ1) is 10.6. The highest BCUT2D eigenvalue weighted by atomic mass is 16.4. The topological polar surface area (TPSA) is 87.7 Å². The molecule has 3 aromatic rings. The molecular formula is C16H13N3O3. The maximum Gasteiger partial charge on any atom is 0.336 e. The maximum absolute atomic E-state index is 11.5. The van der Waals surface area contributed by atoms with Crippen LogP contribution in [0.3, 0.4) is 0 Å². The number of aryl methyl sites for hydroxylation is 1. The molecule has 0 aliphatic heterocycles. The zero-order valence-corrected chi connectivity index (χ0v) is 11.8. The molecule has 2 aromatic heterocycles. The molecule has 0 bridgehead atoms. The summed E-state index contributed by atoms with van der Waals surface area (Å²) in [6, 6.07) is 10.0. The van der Waals surface area contributed by atoms with Gasteiger partial charge in [-0.15, -0.1) is 0 Å². The van der Waals surface area contributed by atoms with E-state index in [1.807, 2.05) is 13.0 Å². The molecule has 2 N–H and O–H groups in total. The summed E-state index contributed by atoms with van der Waals surface area (Å²) in [4.78, 5) is 15.6. The summed E-state index contributed by atoms with van der Waals surface area (Å²) in [5.41, 5.74) is 3.69. The molecule has 22 heavy (non-hydrogen) atoms. The van der Waals surface area contributed by atoms with Crippen LogP contribution in [0.4, 0.5) is 5.82 Å². The van der Waals surface area contributed by atoms with Crippen molar-refractivity contribution in [2.75, 3.05) is 5.43 Å². The third kappa shape index (κ3) is 2.67. The molecule has 0 aliphatic rings. The largest absolute Gasteiger partial charge is 0.507 e. The molecule has 0 radical (unpaired) electrons. The minimum Gasteiger partial charge on any atom is -0.507 e. The van der Waals surface area contributed by atoms with Gasteiger partial charge in [-0.05, 0) is 36.8 Å². The van der Waals surface area contributed by atoms with E-state index in [0.717, 1.165) is 10.9 Å². The fourth-order valence-corrected chi connectivity index (χ4v) is 2.11. The van der Waals surface area contributed by atoms with Crippen LogP contribution in [0.1, 0.15) is 11.1 Å². The Hall–Kier alpha value is -3.15. The van der Waals surface area contributed by atoms with E-state index in [1.54, 1.807) is 24.4 Å². The predicted molar refractivity (Wildman–Crippen MR) is 84.3 cm³/mol. The first kappa shape index (κ1) is 13.8. The summed E-state index contributed by atoms with van der Waals surface area (Å²) in [5, 5.41) is 14.8. The number of aromatic hydroxyl groups is 1. The molecule has 0 saturated carbocycles. The van der Waals surface area contributed by atoms with Crippen LogP contribution in [0.2, 0.25) is 0 Å². The highest BCUT2D eigenvalue weighted by Gasteiger charge is 2.10. The van der Waals surface area contributed by atoms with Crippen molar-refractivity contribution in [2.24, 2.45) is 5.10 Å². The van der Waals surface area contributed by atoms with Crippen molar-refractivity contribution in [3.05, 3.63) is 64.1 Å². The zero-order chi connectivity index (χ0) is 15.5. The van der Waals surface area contributed by atoms with Gasteiger partial charge in [0, 0.05) is 17.6 Å². The second-order valence-corrected chi connectivity index (χ2v) is 4.71. The quantitative estimate of drug-likeness (QED) is 0.440. The van der Waals surface area contributed by atoms with Gasteiger partial charge in [-0.25, -0.2) is 9.78 Å². The van der Waals surface area contributed by atoms with Crippen LogP contribution in [-0.2, 0) is 0 Å². The number of nitrogens with one attached hydrogen (secondary N) is 1. The summed E-state index contributed by atoms with van der Waals surface area (Å²) >= 11 is 0. The van der Waals surface area contributed by atoms with E-state index < -0.39 is 5.63 Å². The Morgan fingerprint density at radius 1 is 1.32 bits per heavy atom. The van der Waals surface area contributed by atoms with E-state index in [-0.39, 0.29) is 5.75 Å². The number of aromatic nitrogens is 1. The molecule has 6 heteroatoms. The van der Waals surface area contributed by atoms with E-state index >= 15 is 0 Å². The Balaban J connectivity index is 2.03. The molecule has 110 valence electrons. The fraction of sp³-hybridized carbons (Fsp3) is 0.0625. The Kier molecular flexibility index (Phi) is 3.57. The Morgan fingerprint density at radius 3 is 2.95 bits per heavy atom. The lowest BCUT2D eigenvalue weighted by atomic mass is 10.1. The van der Waals surface area contributed by atoms with E-state index in [0.29, 0.717) is 17.0 Å². The van der Waals surface area contributed by atoms with Crippen molar-refractivity contribution in [1.29, 1.82) is 0 Å². The van der Waals surface area contributed by atoms with Gasteiger partial charge in [-0.1, -0.05) is 6.07 Å². The van der Waals surface area contributed by atoms with E-state index in [2.05, 4.69) is 15.5 Å². The lowest BCUT2D eigenvalue weighted by Gasteiger charge is -2.05. The number of phenolic OH excluding ortho intramolecular Hbond substituents is 1. The van der Waals surface area contributed by atoms with Gasteiger partial charge in [-0.3, -0.25) is 5.43 Å². The van der Waals surface area contributed by atoms with Crippen molar-refractivity contribution >= 4 is 23.0 Å². The number of hydrazone groups is 1. The molecule has 0 amide bonds. The molecular weight excluding hydrogens is 282 g/mol. The number of phenols is 1. The van der Waals surface area contributed by atoms with E-state index in [9.17, 15) is 9.90 Å². The average molecular weight is 295 g/mol. The monoisotopic (exact) mass is 295 g/mol. The van der Waals surface area contributed by atoms with Crippen LogP contribution < -0.4 is 11.1 Å². The van der Waals surface area contributed by atoms with Gasteiger partial charge < -0.3 is 9.52 Å². The highest BCUT2D eigenvalue weighted by molar-refractivity contribution is 6.00. The van der Waals surface area contributed by atoms with Crippen molar-refractivity contribution in [3.63, 3.8) is 0 Å². The molecule has 0 atom stereocenters. The SMILES string of the molecule is Cc1cc(=O)oc2c(/C=N/Nc3ccccn3)c(O)ccc12. The minimum absolute atomic E-state index is 0.0205. The molecule has 2 heterocycles. The van der Waals surface area contributed by atoms with Gasteiger partial charge in [0.25, 0.3) is 0 Å². The van der Waals surface area contributed by atoms with Crippen molar-refractivity contribution in [2.45, 2.75) is 6.92 Å². The van der Waals surface area contributed by atoms with Gasteiger partial charge in [0.1, 0.15) is 11.6 Å². The average Bonchev–Trinajstić information content (AvgIpc) is 2.50. The number of pyridine rings is 1. The van der Waals surface area contributed by atoms with Crippen LogP contribution in [0.15, 0.2) is 56.9 Å². The Bertz CT molecular complexity index is 902. The number of fused-ring (bicyclic) bond motifs is 1. The molecule has 0 spiro atoms. The van der Waals surface area contributed by atoms with E-state index in [1.165, 1.54) is 18.3 Å². The van der Waals surface area contributed by atoms with Gasteiger partial charge in [0.15, 0.2) is 5.58 Å². The van der Waals surface area contributed by atoms with Crippen molar-refractivity contribution in [3.8, 4) is 5.75 Å². The maximum atomic E-state index is 11.5. The number of benzene rings is 1. The van der Waals surface area contributed by atoms with Gasteiger partial charge >= 0.3 is 5.63 Å². The summed E-state index contributed by atoms with van der Waals surface area (Å²) in [7, 11) is 0. The standard InChI is InChI=1S/C16H13N3O3/c1-10-8-15(21)22-16-11(10)5-6-13(20)12(16)9-18-19-14-4-2-3-7-17-14/h2-9,20H,1H3,(H,17,19)/b18-9+. The lowest BCUT2D eigenvalue weighted by Crippen LogP contribution is -2.00. The minimum atomic E-state index is -0.470. The highest BCUT2D eigenvalue weighted by Crippen LogP contribution is 2.26. The first-order valence-corrected chi connectivity index (χ1v) is 6.61. The molecule has 3 rings (SSSR count). The molecule has 0 fully saturated rings. The molecule has 0 aliphatic carbocycles. The fourth-order valence-electron chi connectivity index (χ4n) is 2.11. The first-order valence-electron chi connectivity index (χ1n) is 6.61.